The van der Waals surface area contributed by atoms with E-state index in [0.29, 0.717) is 30.8 Å². The number of rotatable bonds is 1. The molecule has 0 fully saturated rings. The minimum Gasteiger partial charge on any atom is -0.455 e. The van der Waals surface area contributed by atoms with Gasteiger partial charge in [0.05, 0.1) is 12.1 Å². The highest BCUT2D eigenvalue weighted by molar-refractivity contribution is 6.01. The van der Waals surface area contributed by atoms with Gasteiger partial charge in [0, 0.05) is 37.2 Å². The number of imidazole rings is 1. The van der Waals surface area contributed by atoms with Gasteiger partial charge in [0.15, 0.2) is 5.75 Å². The summed E-state index contributed by atoms with van der Waals surface area (Å²) in [4.78, 5) is 22.2. The molecular formula is C21H21N3O3. The molecule has 3 heterocycles. The van der Waals surface area contributed by atoms with Gasteiger partial charge in [0.25, 0.3) is 5.91 Å². The number of nitrogens with one attached hydrogen (secondary N) is 1. The molecule has 1 unspecified atom stereocenters. The molecule has 0 saturated carbocycles. The van der Waals surface area contributed by atoms with Crippen LogP contribution in [0.25, 0.3) is 11.0 Å². The van der Waals surface area contributed by atoms with Crippen LogP contribution in [-0.2, 0) is 23.6 Å². The molecule has 27 heavy (non-hydrogen) atoms. The lowest BCUT2D eigenvalue weighted by Gasteiger charge is -2.36. The lowest BCUT2D eigenvalue weighted by atomic mass is 9.90. The first-order valence-corrected chi connectivity index (χ1v) is 9.14. The van der Waals surface area contributed by atoms with Gasteiger partial charge in [0.1, 0.15) is 11.3 Å². The summed E-state index contributed by atoms with van der Waals surface area (Å²) in [6, 6.07) is 10.0. The minimum absolute atomic E-state index is 0.0407. The third-order valence-electron chi connectivity index (χ3n) is 5.45. The largest absolute Gasteiger partial charge is 0.455 e. The van der Waals surface area contributed by atoms with Crippen LogP contribution in [0.5, 0.6) is 5.75 Å². The molecule has 2 aromatic carbocycles. The number of aryl methyl sites for hydroxylation is 1. The van der Waals surface area contributed by atoms with Crippen molar-refractivity contribution in [3.63, 3.8) is 0 Å². The normalized spacial score (nSPS) is 20.4. The molecule has 6 heteroatoms. The average molecular weight is 363 g/mol. The zero-order valence-electron chi connectivity index (χ0n) is 15.6. The van der Waals surface area contributed by atoms with Crippen molar-refractivity contribution in [2.24, 2.45) is 0 Å². The zero-order chi connectivity index (χ0) is 18.8. The summed E-state index contributed by atoms with van der Waals surface area (Å²) >= 11 is 0. The highest BCUT2D eigenvalue weighted by Gasteiger charge is 2.46. The number of aromatic amines is 1. The van der Waals surface area contributed by atoms with Crippen LogP contribution in [0, 0.1) is 6.92 Å². The smallest absolute Gasteiger partial charge is 0.253 e. The Labute approximate surface area is 157 Å². The SMILES string of the molecule is Cc1nc2cc(C(=O)N(C)C)c3c(c2[nH]1)OC1(CC3)OCc2ccccc21. The van der Waals surface area contributed by atoms with E-state index >= 15 is 0 Å². The van der Waals surface area contributed by atoms with Gasteiger partial charge in [-0.3, -0.25) is 4.79 Å². The first-order valence-electron chi connectivity index (χ1n) is 9.14. The quantitative estimate of drug-likeness (QED) is 0.720. The van der Waals surface area contributed by atoms with Gasteiger partial charge in [0.2, 0.25) is 5.79 Å². The number of fused-ring (bicyclic) bond motifs is 5. The van der Waals surface area contributed by atoms with Crippen LogP contribution in [0.1, 0.15) is 39.3 Å². The van der Waals surface area contributed by atoms with Crippen molar-refractivity contribution in [3.8, 4) is 5.75 Å². The molecule has 0 radical (unpaired) electrons. The Morgan fingerprint density at radius 2 is 2.11 bits per heavy atom. The van der Waals surface area contributed by atoms with Gasteiger partial charge in [-0.15, -0.1) is 0 Å². The van der Waals surface area contributed by atoms with Crippen LogP contribution in [0.4, 0.5) is 0 Å². The van der Waals surface area contributed by atoms with Crippen LogP contribution >= 0.6 is 0 Å². The number of ether oxygens (including phenoxy) is 2. The van der Waals surface area contributed by atoms with Gasteiger partial charge < -0.3 is 19.4 Å². The van der Waals surface area contributed by atoms with Gasteiger partial charge in [-0.25, -0.2) is 4.98 Å². The maximum absolute atomic E-state index is 12.8. The molecule has 2 aliphatic rings. The standard InChI is InChI=1S/C21H21N3O3/c1-12-22-17-10-15(20(25)24(2)3)14-8-9-21(27-19(14)18(17)23-12)16-7-5-4-6-13(16)11-26-21/h4-7,10H,8-9,11H2,1-3H3,(H,22,23). The van der Waals surface area contributed by atoms with Crippen molar-refractivity contribution < 1.29 is 14.3 Å². The zero-order valence-corrected chi connectivity index (χ0v) is 15.6. The lowest BCUT2D eigenvalue weighted by molar-refractivity contribution is -0.192. The summed E-state index contributed by atoms with van der Waals surface area (Å²) in [5, 5.41) is 0. The fourth-order valence-electron chi connectivity index (χ4n) is 4.16. The van der Waals surface area contributed by atoms with Gasteiger partial charge >= 0.3 is 0 Å². The molecule has 1 amide bonds. The molecule has 0 saturated heterocycles. The Bertz CT molecular complexity index is 1090. The first kappa shape index (κ1) is 16.3. The van der Waals surface area contributed by atoms with Crippen molar-refractivity contribution >= 4 is 16.9 Å². The summed E-state index contributed by atoms with van der Waals surface area (Å²) in [7, 11) is 3.52. The van der Waals surface area contributed by atoms with E-state index in [1.165, 1.54) is 0 Å². The third-order valence-corrected chi connectivity index (χ3v) is 5.45. The van der Waals surface area contributed by atoms with Crippen LogP contribution in [0.3, 0.4) is 0 Å². The first-order chi connectivity index (χ1) is 13.0. The topological polar surface area (TPSA) is 67.5 Å². The molecule has 1 aromatic heterocycles. The van der Waals surface area contributed by atoms with Gasteiger partial charge in [-0.2, -0.15) is 0 Å². The van der Waals surface area contributed by atoms with Crippen LogP contribution < -0.4 is 4.74 Å². The summed E-state index contributed by atoms with van der Waals surface area (Å²) < 4.78 is 12.7. The van der Waals surface area contributed by atoms with Crippen molar-refractivity contribution in [2.45, 2.75) is 32.2 Å². The number of amides is 1. The number of carbonyl (C=O) groups excluding carboxylic acids is 1. The summed E-state index contributed by atoms with van der Waals surface area (Å²) in [6.07, 6.45) is 1.37. The van der Waals surface area contributed by atoms with Crippen LogP contribution in [0.15, 0.2) is 30.3 Å². The molecule has 6 nitrogen and oxygen atoms in total. The second kappa shape index (κ2) is 5.57. The number of carbonyl (C=O) groups is 1. The van der Waals surface area contributed by atoms with E-state index in [1.54, 1.807) is 19.0 Å². The van der Waals surface area contributed by atoms with E-state index in [4.69, 9.17) is 9.47 Å². The predicted molar refractivity (Wildman–Crippen MR) is 101 cm³/mol. The van der Waals surface area contributed by atoms with Gasteiger partial charge in [-0.05, 0) is 25.0 Å². The summed E-state index contributed by atoms with van der Waals surface area (Å²) in [5.74, 6) is 0.634. The lowest BCUT2D eigenvalue weighted by Crippen LogP contribution is -2.37. The molecule has 3 aromatic rings. The average Bonchev–Trinajstić information content (AvgIpc) is 3.21. The molecule has 0 bridgehead atoms. The molecular weight excluding hydrogens is 342 g/mol. The number of benzene rings is 2. The van der Waals surface area contributed by atoms with E-state index in [-0.39, 0.29) is 5.91 Å². The highest BCUT2D eigenvalue weighted by atomic mass is 16.7. The Morgan fingerprint density at radius 1 is 1.30 bits per heavy atom. The Kier molecular flexibility index (Phi) is 3.37. The molecule has 1 atom stereocenters. The fourth-order valence-corrected chi connectivity index (χ4v) is 4.16. The molecule has 1 N–H and O–H groups in total. The van der Waals surface area contributed by atoms with Gasteiger partial charge in [-0.1, -0.05) is 24.3 Å². The number of H-pyrrole nitrogens is 1. The molecule has 2 aliphatic heterocycles. The van der Waals surface area contributed by atoms with Crippen molar-refractivity contribution in [3.05, 3.63) is 58.4 Å². The monoisotopic (exact) mass is 363 g/mol. The molecule has 138 valence electrons. The van der Waals surface area contributed by atoms with E-state index in [1.807, 2.05) is 25.1 Å². The Hall–Kier alpha value is -2.86. The molecule has 0 aliphatic carbocycles. The van der Waals surface area contributed by atoms with E-state index in [9.17, 15) is 4.79 Å². The molecule has 1 spiro atoms. The number of hydrogen-bond acceptors (Lipinski definition) is 4. The second-order valence-corrected chi connectivity index (χ2v) is 7.45. The maximum Gasteiger partial charge on any atom is 0.253 e. The number of aromatic nitrogens is 2. The third kappa shape index (κ3) is 2.29. The number of hydrogen-bond donors (Lipinski definition) is 1. The number of nitrogens with zero attached hydrogens (tertiary/aromatic N) is 2. The second-order valence-electron chi connectivity index (χ2n) is 7.45. The van der Waals surface area contributed by atoms with Crippen molar-refractivity contribution in [2.75, 3.05) is 14.1 Å². The highest BCUT2D eigenvalue weighted by Crippen LogP contribution is 2.48. The maximum atomic E-state index is 12.8. The van der Waals surface area contributed by atoms with Crippen LogP contribution in [0.2, 0.25) is 0 Å². The van der Waals surface area contributed by atoms with E-state index in [0.717, 1.165) is 33.5 Å². The Balaban J connectivity index is 1.72. The van der Waals surface area contributed by atoms with E-state index < -0.39 is 5.79 Å². The van der Waals surface area contributed by atoms with E-state index in [2.05, 4.69) is 22.1 Å². The molecule has 5 rings (SSSR count). The van der Waals surface area contributed by atoms with Crippen molar-refractivity contribution in [1.29, 1.82) is 0 Å². The van der Waals surface area contributed by atoms with Crippen molar-refractivity contribution in [1.82, 2.24) is 14.9 Å². The fraction of sp³-hybridized carbons (Fsp3) is 0.333. The van der Waals surface area contributed by atoms with Crippen LogP contribution in [-0.4, -0.2) is 34.9 Å². The summed E-state index contributed by atoms with van der Waals surface area (Å²) in [6.45, 7) is 2.44. The summed E-state index contributed by atoms with van der Waals surface area (Å²) in [5.41, 5.74) is 5.35. The predicted octanol–water partition coefficient (Wildman–Crippen LogP) is 3.28. The minimum atomic E-state index is -0.796. The Morgan fingerprint density at radius 3 is 2.93 bits per heavy atom.